The van der Waals surface area contributed by atoms with Crippen LogP contribution in [0.4, 0.5) is 0 Å². The zero-order valence-electron chi connectivity index (χ0n) is 9.29. The Kier molecular flexibility index (Phi) is 3.04. The van der Waals surface area contributed by atoms with E-state index in [2.05, 4.69) is 4.98 Å². The van der Waals surface area contributed by atoms with Crippen LogP contribution >= 0.6 is 0 Å². The number of hydrogen-bond acceptors (Lipinski definition) is 3. The first-order chi connectivity index (χ1) is 7.98. The van der Waals surface area contributed by atoms with Crippen molar-refractivity contribution in [2.75, 3.05) is 6.26 Å². The molecular formula is C12H13NO3S. The van der Waals surface area contributed by atoms with Crippen LogP contribution in [0.1, 0.15) is 17.2 Å². The van der Waals surface area contributed by atoms with Crippen LogP contribution in [0.3, 0.4) is 0 Å². The Morgan fingerprint density at radius 1 is 1.24 bits per heavy atom. The van der Waals surface area contributed by atoms with Gasteiger partial charge in [-0.05, 0) is 23.8 Å². The maximum atomic E-state index is 11.4. The highest BCUT2D eigenvalue weighted by molar-refractivity contribution is 7.90. The van der Waals surface area contributed by atoms with Crippen LogP contribution < -0.4 is 0 Å². The van der Waals surface area contributed by atoms with E-state index < -0.39 is 15.9 Å². The Bertz CT molecular complexity index is 602. The van der Waals surface area contributed by atoms with Crippen molar-refractivity contribution < 1.29 is 13.5 Å². The fourth-order valence-electron chi connectivity index (χ4n) is 1.61. The molecule has 0 aliphatic rings. The lowest BCUT2D eigenvalue weighted by atomic mass is 10.0. The number of nitrogens with one attached hydrogen (secondary N) is 1. The molecule has 0 radical (unpaired) electrons. The molecule has 2 rings (SSSR count). The van der Waals surface area contributed by atoms with E-state index in [1.165, 1.54) is 12.1 Å². The average Bonchev–Trinajstić information content (AvgIpc) is 2.80. The first kappa shape index (κ1) is 11.9. The van der Waals surface area contributed by atoms with Gasteiger partial charge in [0.1, 0.15) is 6.10 Å². The molecule has 0 spiro atoms. The number of H-pyrrole nitrogens is 1. The summed E-state index contributed by atoms with van der Waals surface area (Å²) in [6.07, 6.45) is 3.72. The van der Waals surface area contributed by atoms with Gasteiger partial charge in [-0.15, -0.1) is 0 Å². The molecule has 4 nitrogen and oxygen atoms in total. The monoisotopic (exact) mass is 251 g/mol. The summed E-state index contributed by atoms with van der Waals surface area (Å²) in [4.78, 5) is 3.06. The first-order valence-electron chi connectivity index (χ1n) is 5.09. The third-order valence-electron chi connectivity index (χ3n) is 2.54. The minimum atomic E-state index is -3.25. The summed E-state index contributed by atoms with van der Waals surface area (Å²) in [6, 6.07) is 8.08. The predicted octanol–water partition coefficient (Wildman–Crippen LogP) is 1.50. The normalized spacial score (nSPS) is 13.5. The van der Waals surface area contributed by atoms with Gasteiger partial charge in [-0.25, -0.2) is 8.42 Å². The molecule has 0 saturated heterocycles. The second-order valence-corrected chi connectivity index (χ2v) is 5.91. The Balaban J connectivity index is 2.41. The van der Waals surface area contributed by atoms with E-state index in [1.807, 2.05) is 0 Å². The summed E-state index contributed by atoms with van der Waals surface area (Å²) in [5.41, 5.74) is 1.27. The van der Waals surface area contributed by atoms with E-state index in [-0.39, 0.29) is 4.90 Å². The highest BCUT2D eigenvalue weighted by Crippen LogP contribution is 2.23. The van der Waals surface area contributed by atoms with Gasteiger partial charge in [0.15, 0.2) is 9.84 Å². The van der Waals surface area contributed by atoms with Crippen LogP contribution in [-0.2, 0) is 9.84 Å². The van der Waals surface area contributed by atoms with Crippen molar-refractivity contribution in [2.45, 2.75) is 11.0 Å². The van der Waals surface area contributed by atoms with Crippen LogP contribution in [0.25, 0.3) is 0 Å². The second kappa shape index (κ2) is 4.35. The zero-order valence-corrected chi connectivity index (χ0v) is 10.1. The van der Waals surface area contributed by atoms with Gasteiger partial charge >= 0.3 is 0 Å². The maximum Gasteiger partial charge on any atom is 0.175 e. The highest BCUT2D eigenvalue weighted by atomic mass is 32.2. The van der Waals surface area contributed by atoms with Gasteiger partial charge in [0.2, 0.25) is 0 Å². The largest absolute Gasteiger partial charge is 0.384 e. The molecule has 1 atom stereocenters. The first-order valence-corrected chi connectivity index (χ1v) is 6.98. The molecule has 0 amide bonds. The summed E-state index contributed by atoms with van der Waals surface area (Å²) < 4.78 is 22.8. The number of aromatic nitrogens is 1. The molecule has 17 heavy (non-hydrogen) atoms. The lowest BCUT2D eigenvalue weighted by Crippen LogP contribution is -2.02. The molecular weight excluding hydrogens is 238 g/mol. The smallest absolute Gasteiger partial charge is 0.175 e. The molecule has 1 unspecified atom stereocenters. The van der Waals surface area contributed by atoms with E-state index in [4.69, 9.17) is 0 Å². The molecule has 5 heteroatoms. The van der Waals surface area contributed by atoms with Crippen LogP contribution in [0.5, 0.6) is 0 Å². The molecule has 90 valence electrons. The standard InChI is InChI=1S/C12H13NO3S/c1-17(15,16)11-4-2-3-9(7-11)12(14)10-5-6-13-8-10/h2-8,12-14H,1H3. The van der Waals surface area contributed by atoms with Crippen LogP contribution in [0.15, 0.2) is 47.6 Å². The van der Waals surface area contributed by atoms with E-state index in [1.54, 1.807) is 30.6 Å². The molecule has 0 bridgehead atoms. The molecule has 2 aromatic rings. The lowest BCUT2D eigenvalue weighted by molar-refractivity contribution is 0.220. The van der Waals surface area contributed by atoms with Crippen molar-refractivity contribution in [2.24, 2.45) is 0 Å². The zero-order chi connectivity index (χ0) is 12.5. The van der Waals surface area contributed by atoms with Crippen LogP contribution in [-0.4, -0.2) is 24.8 Å². The number of aromatic amines is 1. The fourth-order valence-corrected chi connectivity index (χ4v) is 2.29. The minimum Gasteiger partial charge on any atom is -0.384 e. The number of aliphatic hydroxyl groups excluding tert-OH is 1. The molecule has 0 aliphatic heterocycles. The summed E-state index contributed by atoms with van der Waals surface area (Å²) in [6.45, 7) is 0. The maximum absolute atomic E-state index is 11.4. The Morgan fingerprint density at radius 3 is 2.59 bits per heavy atom. The van der Waals surface area contributed by atoms with Crippen molar-refractivity contribution in [1.82, 2.24) is 4.98 Å². The molecule has 1 heterocycles. The van der Waals surface area contributed by atoms with Crippen molar-refractivity contribution in [3.63, 3.8) is 0 Å². The fraction of sp³-hybridized carbons (Fsp3) is 0.167. The summed E-state index contributed by atoms with van der Waals surface area (Å²) in [5, 5.41) is 10.1. The van der Waals surface area contributed by atoms with Crippen LogP contribution in [0, 0.1) is 0 Å². The molecule has 2 N–H and O–H groups in total. The number of benzene rings is 1. The topological polar surface area (TPSA) is 70.2 Å². The second-order valence-electron chi connectivity index (χ2n) is 3.89. The van der Waals surface area contributed by atoms with Gasteiger partial charge in [0.05, 0.1) is 4.90 Å². The highest BCUT2D eigenvalue weighted by Gasteiger charge is 2.14. The SMILES string of the molecule is CS(=O)(=O)c1cccc(C(O)c2cc[nH]c2)c1. The number of rotatable bonds is 3. The van der Waals surface area contributed by atoms with Gasteiger partial charge in [-0.1, -0.05) is 12.1 Å². The molecule has 0 saturated carbocycles. The van der Waals surface area contributed by atoms with Gasteiger partial charge in [0, 0.05) is 24.2 Å². The summed E-state index contributed by atoms with van der Waals surface area (Å²) in [7, 11) is -3.25. The van der Waals surface area contributed by atoms with E-state index in [0.29, 0.717) is 11.1 Å². The summed E-state index contributed by atoms with van der Waals surface area (Å²) in [5.74, 6) is 0. The van der Waals surface area contributed by atoms with Crippen molar-refractivity contribution >= 4 is 9.84 Å². The van der Waals surface area contributed by atoms with Gasteiger partial charge in [-0.2, -0.15) is 0 Å². The van der Waals surface area contributed by atoms with Gasteiger partial charge in [-0.3, -0.25) is 0 Å². The molecule has 0 fully saturated rings. The third kappa shape index (κ3) is 2.57. The van der Waals surface area contributed by atoms with Crippen LogP contribution in [0.2, 0.25) is 0 Å². The molecule has 0 aliphatic carbocycles. The number of hydrogen-bond donors (Lipinski definition) is 2. The number of sulfone groups is 1. The van der Waals surface area contributed by atoms with Crippen molar-refractivity contribution in [3.8, 4) is 0 Å². The Morgan fingerprint density at radius 2 is 2.00 bits per heavy atom. The van der Waals surface area contributed by atoms with E-state index in [0.717, 1.165) is 6.26 Å². The third-order valence-corrected chi connectivity index (χ3v) is 3.65. The minimum absolute atomic E-state index is 0.213. The van der Waals surface area contributed by atoms with Crippen molar-refractivity contribution in [3.05, 3.63) is 53.9 Å². The van der Waals surface area contributed by atoms with Crippen molar-refractivity contribution in [1.29, 1.82) is 0 Å². The molecule has 1 aromatic heterocycles. The lowest BCUT2D eigenvalue weighted by Gasteiger charge is -2.10. The predicted molar refractivity (Wildman–Crippen MR) is 64.4 cm³/mol. The molecule has 1 aromatic carbocycles. The quantitative estimate of drug-likeness (QED) is 0.868. The van der Waals surface area contributed by atoms with E-state index in [9.17, 15) is 13.5 Å². The Hall–Kier alpha value is -1.59. The van der Waals surface area contributed by atoms with E-state index >= 15 is 0 Å². The van der Waals surface area contributed by atoms with Gasteiger partial charge in [0.25, 0.3) is 0 Å². The number of aliphatic hydroxyl groups is 1. The summed E-state index contributed by atoms with van der Waals surface area (Å²) >= 11 is 0. The average molecular weight is 251 g/mol. The van der Waals surface area contributed by atoms with Gasteiger partial charge < -0.3 is 10.1 Å². The Labute approximate surface area is 99.8 Å².